The van der Waals surface area contributed by atoms with Crippen LogP contribution in [0.4, 0.5) is 4.39 Å². The third kappa shape index (κ3) is 4.62. The number of aromatic nitrogens is 4. The third-order valence-corrected chi connectivity index (χ3v) is 7.27. The first kappa shape index (κ1) is 23.5. The van der Waals surface area contributed by atoms with E-state index in [1.54, 1.807) is 12.1 Å². The van der Waals surface area contributed by atoms with Crippen molar-refractivity contribution in [1.82, 2.24) is 19.7 Å². The van der Waals surface area contributed by atoms with Gasteiger partial charge in [0.15, 0.2) is 0 Å². The second-order valence-electron chi connectivity index (χ2n) is 9.84. The van der Waals surface area contributed by atoms with Crippen molar-refractivity contribution in [3.8, 4) is 33.8 Å². The summed E-state index contributed by atoms with van der Waals surface area (Å²) in [6.45, 7) is 0.604. The maximum atomic E-state index is 13.8. The molecule has 0 amide bonds. The van der Waals surface area contributed by atoms with E-state index in [9.17, 15) is 4.39 Å². The average molecular weight is 517 g/mol. The fourth-order valence-corrected chi connectivity index (χ4v) is 5.07. The minimum absolute atomic E-state index is 0.185. The second-order valence-corrected chi connectivity index (χ2v) is 9.84. The molecule has 7 heteroatoms. The van der Waals surface area contributed by atoms with Gasteiger partial charge in [-0.25, -0.2) is 14.4 Å². The van der Waals surface area contributed by atoms with E-state index in [2.05, 4.69) is 22.1 Å². The lowest BCUT2D eigenvalue weighted by Crippen LogP contribution is -2.33. The molecular weight excluding hydrogens is 491 g/mol. The Kier molecular flexibility index (Phi) is 5.98. The number of halogens is 1. The van der Waals surface area contributed by atoms with Gasteiger partial charge in [0.1, 0.15) is 23.6 Å². The molecule has 192 valence electrons. The highest BCUT2D eigenvalue weighted by molar-refractivity contribution is 5.95. The van der Waals surface area contributed by atoms with E-state index in [1.807, 2.05) is 65.5 Å². The van der Waals surface area contributed by atoms with Gasteiger partial charge >= 0.3 is 0 Å². The van der Waals surface area contributed by atoms with Crippen LogP contribution in [0.5, 0.6) is 0 Å². The molecule has 0 N–H and O–H groups in total. The minimum atomic E-state index is -0.288. The Balaban J connectivity index is 1.22. The molecule has 0 spiro atoms. The van der Waals surface area contributed by atoms with Crippen LogP contribution in [0.2, 0.25) is 0 Å². The molecule has 3 aromatic heterocycles. The molecule has 0 bridgehead atoms. The summed E-state index contributed by atoms with van der Waals surface area (Å²) in [6.07, 6.45) is 5.48. The van der Waals surface area contributed by atoms with Crippen LogP contribution in [0.15, 0.2) is 108 Å². The fraction of sp³-hybridized carbons (Fsp3) is 0.156. The first-order valence-electron chi connectivity index (χ1n) is 13.0. The molecule has 3 heterocycles. The van der Waals surface area contributed by atoms with E-state index < -0.39 is 0 Å². The van der Waals surface area contributed by atoms with Crippen molar-refractivity contribution < 1.29 is 13.5 Å². The number of hydrogen-bond donors (Lipinski definition) is 0. The first-order chi connectivity index (χ1) is 19.2. The smallest absolute Gasteiger partial charge is 0.230 e. The Labute approximate surface area is 224 Å². The van der Waals surface area contributed by atoms with Gasteiger partial charge in [0.25, 0.3) is 0 Å². The largest absolute Gasteiger partial charge is 0.438 e. The summed E-state index contributed by atoms with van der Waals surface area (Å²) < 4.78 is 28.0. The number of hydrogen-bond acceptors (Lipinski definition) is 5. The number of fused-ring (bicyclic) bond motifs is 1. The van der Waals surface area contributed by atoms with Crippen LogP contribution >= 0.6 is 0 Å². The van der Waals surface area contributed by atoms with Gasteiger partial charge in [0.05, 0.1) is 29.8 Å². The van der Waals surface area contributed by atoms with Crippen LogP contribution in [0, 0.1) is 5.82 Å². The summed E-state index contributed by atoms with van der Waals surface area (Å²) in [6, 6.07) is 28.7. The highest BCUT2D eigenvalue weighted by Gasteiger charge is 2.33. The molecule has 0 aliphatic heterocycles. The normalized spacial score (nSPS) is 16.8. The summed E-state index contributed by atoms with van der Waals surface area (Å²) in [7, 11) is 0. The van der Waals surface area contributed by atoms with Crippen LogP contribution in [-0.2, 0) is 11.3 Å². The zero-order valence-corrected chi connectivity index (χ0v) is 21.1. The van der Waals surface area contributed by atoms with Gasteiger partial charge < -0.3 is 9.15 Å². The molecular formula is C32H25FN4O2. The Morgan fingerprint density at radius 1 is 0.846 bits per heavy atom. The number of furan rings is 1. The monoisotopic (exact) mass is 516 g/mol. The van der Waals surface area contributed by atoms with Gasteiger partial charge in [0, 0.05) is 22.9 Å². The molecule has 0 radical (unpaired) electrons. The molecule has 6 aromatic rings. The number of benzene rings is 3. The van der Waals surface area contributed by atoms with E-state index >= 15 is 0 Å². The SMILES string of the molecule is Fc1ccc(-c2nn([C@H]3C[C@@H](OCc4ccccc4)C3)cc2-c2ncnc3oc(-c4ccccc4)cc23)cc1. The molecule has 6 nitrogen and oxygen atoms in total. The topological polar surface area (TPSA) is 66.0 Å². The summed E-state index contributed by atoms with van der Waals surface area (Å²) >= 11 is 0. The summed E-state index contributed by atoms with van der Waals surface area (Å²) in [5.41, 5.74) is 5.78. The van der Waals surface area contributed by atoms with Crippen LogP contribution in [0.3, 0.4) is 0 Å². The zero-order valence-electron chi connectivity index (χ0n) is 21.1. The van der Waals surface area contributed by atoms with Gasteiger partial charge in [-0.15, -0.1) is 0 Å². The van der Waals surface area contributed by atoms with Crippen molar-refractivity contribution in [3.63, 3.8) is 0 Å². The molecule has 39 heavy (non-hydrogen) atoms. The van der Waals surface area contributed by atoms with E-state index in [1.165, 1.54) is 24.0 Å². The van der Waals surface area contributed by atoms with Gasteiger partial charge in [0.2, 0.25) is 5.71 Å². The standard InChI is InChI=1S/C32H25FN4O2/c33-24-13-11-23(12-14-24)30-28(18-37(36-30)25-15-26(16-25)38-19-21-7-3-1-4-8-21)31-27-17-29(22-9-5-2-6-10-22)39-32(27)35-20-34-31/h1-14,17-18,20,25-26H,15-16,19H2/t25-,26+. The predicted octanol–water partition coefficient (Wildman–Crippen LogP) is 7.48. The molecule has 1 fully saturated rings. The Morgan fingerprint density at radius 3 is 2.36 bits per heavy atom. The van der Waals surface area contributed by atoms with Crippen molar-refractivity contribution in [2.24, 2.45) is 0 Å². The van der Waals surface area contributed by atoms with Crippen LogP contribution in [0.25, 0.3) is 44.9 Å². The maximum Gasteiger partial charge on any atom is 0.230 e. The van der Waals surface area contributed by atoms with Crippen molar-refractivity contribution >= 4 is 11.1 Å². The molecule has 7 rings (SSSR count). The van der Waals surface area contributed by atoms with E-state index in [0.717, 1.165) is 52.1 Å². The highest BCUT2D eigenvalue weighted by Crippen LogP contribution is 2.40. The Morgan fingerprint density at radius 2 is 1.59 bits per heavy atom. The number of ether oxygens (including phenoxy) is 1. The summed E-state index contributed by atoms with van der Waals surface area (Å²) in [5, 5.41) is 5.78. The summed E-state index contributed by atoms with van der Waals surface area (Å²) in [5.74, 6) is 0.435. The van der Waals surface area contributed by atoms with Crippen molar-refractivity contribution in [1.29, 1.82) is 0 Å². The molecule has 0 saturated heterocycles. The first-order valence-corrected chi connectivity index (χ1v) is 13.0. The highest BCUT2D eigenvalue weighted by atomic mass is 19.1. The number of nitrogens with zero attached hydrogens (tertiary/aromatic N) is 4. The van der Waals surface area contributed by atoms with Crippen molar-refractivity contribution in [2.75, 3.05) is 0 Å². The van der Waals surface area contributed by atoms with Crippen LogP contribution in [0.1, 0.15) is 24.4 Å². The van der Waals surface area contributed by atoms with E-state index in [0.29, 0.717) is 12.3 Å². The fourth-order valence-electron chi connectivity index (χ4n) is 5.07. The van der Waals surface area contributed by atoms with Gasteiger partial charge in [-0.05, 0) is 48.7 Å². The van der Waals surface area contributed by atoms with Crippen molar-refractivity contribution in [2.45, 2.75) is 31.6 Å². The predicted molar refractivity (Wildman–Crippen MR) is 147 cm³/mol. The summed E-state index contributed by atoms with van der Waals surface area (Å²) in [4.78, 5) is 9.04. The lowest BCUT2D eigenvalue weighted by Gasteiger charge is -2.35. The lowest BCUT2D eigenvalue weighted by atomic mass is 9.89. The average Bonchev–Trinajstić information content (AvgIpc) is 3.59. The van der Waals surface area contributed by atoms with Gasteiger partial charge in [-0.1, -0.05) is 60.7 Å². The molecule has 0 unspecified atom stereocenters. The third-order valence-electron chi connectivity index (χ3n) is 7.27. The van der Waals surface area contributed by atoms with Crippen LogP contribution in [-0.4, -0.2) is 25.9 Å². The minimum Gasteiger partial charge on any atom is -0.438 e. The van der Waals surface area contributed by atoms with Gasteiger partial charge in [-0.2, -0.15) is 5.10 Å². The van der Waals surface area contributed by atoms with Crippen molar-refractivity contribution in [3.05, 3.63) is 115 Å². The Hall–Kier alpha value is -4.62. The number of rotatable bonds is 7. The zero-order chi connectivity index (χ0) is 26.2. The molecule has 1 saturated carbocycles. The lowest BCUT2D eigenvalue weighted by molar-refractivity contribution is -0.0383. The quantitative estimate of drug-likeness (QED) is 0.220. The Bertz CT molecular complexity index is 1720. The molecule has 0 atom stereocenters. The van der Waals surface area contributed by atoms with Gasteiger partial charge in [-0.3, -0.25) is 4.68 Å². The van der Waals surface area contributed by atoms with E-state index in [-0.39, 0.29) is 18.0 Å². The maximum absolute atomic E-state index is 13.8. The molecule has 1 aliphatic rings. The molecule has 3 aromatic carbocycles. The molecule has 1 aliphatic carbocycles. The van der Waals surface area contributed by atoms with E-state index in [4.69, 9.17) is 14.3 Å². The second kappa shape index (κ2) is 9.93. The van der Waals surface area contributed by atoms with Crippen LogP contribution < -0.4 is 0 Å².